The molecule has 2 N–H and O–H groups in total. The fourth-order valence-corrected chi connectivity index (χ4v) is 5.96. The minimum Gasteiger partial charge on any atom is -0.456 e. The van der Waals surface area contributed by atoms with E-state index in [1.807, 2.05) is 6.07 Å². The summed E-state index contributed by atoms with van der Waals surface area (Å²) < 4.78 is 59.6. The zero-order valence-electron chi connectivity index (χ0n) is 17.6. The third kappa shape index (κ3) is 7.04. The molecule has 1 aliphatic rings. The molecule has 0 spiro atoms. The molecule has 0 bridgehead atoms. The summed E-state index contributed by atoms with van der Waals surface area (Å²) in [7, 11) is -7.54. The monoisotopic (exact) mass is 532 g/mol. The number of rotatable bonds is 7. The first-order chi connectivity index (χ1) is 15.5. The van der Waals surface area contributed by atoms with Gasteiger partial charge in [0.15, 0.2) is 0 Å². The topological polar surface area (TPSA) is 129 Å². The average molecular weight is 533 g/mol. The lowest BCUT2D eigenvalue weighted by atomic mass is 10.2. The molecule has 1 heterocycles. The van der Waals surface area contributed by atoms with Crippen LogP contribution < -0.4 is 14.8 Å². The summed E-state index contributed by atoms with van der Waals surface area (Å²) in [5.41, 5.74) is 0.147. The van der Waals surface area contributed by atoms with Crippen LogP contribution in [0.15, 0.2) is 41.3 Å². The molecule has 1 aliphatic heterocycles. The van der Waals surface area contributed by atoms with Gasteiger partial charge in [-0.15, -0.1) is 0 Å². The van der Waals surface area contributed by atoms with E-state index in [2.05, 4.69) is 10.0 Å². The Morgan fingerprint density at radius 2 is 1.88 bits per heavy atom. The first kappa shape index (κ1) is 25.7. The van der Waals surface area contributed by atoms with Crippen molar-refractivity contribution in [3.63, 3.8) is 0 Å². The first-order valence-electron chi connectivity index (χ1n) is 9.84. The molecule has 13 heteroatoms. The second kappa shape index (κ2) is 10.6. The molecule has 9 nitrogen and oxygen atoms in total. The minimum atomic E-state index is -4.10. The van der Waals surface area contributed by atoms with Gasteiger partial charge in [0.1, 0.15) is 16.4 Å². The largest absolute Gasteiger partial charge is 0.456 e. The number of nitriles is 1. The molecule has 3 rings (SSSR count). The molecule has 1 atom stereocenters. The highest BCUT2D eigenvalue weighted by Crippen LogP contribution is 2.34. The number of hydrogen-bond acceptors (Lipinski definition) is 7. The Balaban J connectivity index is 1.96. The van der Waals surface area contributed by atoms with Crippen molar-refractivity contribution in [1.29, 1.82) is 5.26 Å². The summed E-state index contributed by atoms with van der Waals surface area (Å²) in [5.74, 6) is 0.247. The molecule has 0 aliphatic carbocycles. The van der Waals surface area contributed by atoms with Crippen LogP contribution in [0.1, 0.15) is 12.0 Å². The Hall–Kier alpha value is -1.91. The van der Waals surface area contributed by atoms with E-state index in [4.69, 9.17) is 27.9 Å². The molecule has 33 heavy (non-hydrogen) atoms. The van der Waals surface area contributed by atoms with Crippen LogP contribution in [0.25, 0.3) is 0 Å². The van der Waals surface area contributed by atoms with Crippen molar-refractivity contribution in [1.82, 2.24) is 14.3 Å². The fraction of sp³-hybridized carbons (Fsp3) is 0.350. The normalized spacial score (nSPS) is 17.8. The predicted octanol–water partition coefficient (Wildman–Crippen LogP) is 2.56. The Kier molecular flexibility index (Phi) is 8.23. The van der Waals surface area contributed by atoms with Crippen molar-refractivity contribution in [2.24, 2.45) is 0 Å². The number of hydrogen-bond donors (Lipinski definition) is 2. The molecule has 0 aromatic heterocycles. The number of ether oxygens (including phenoxy) is 1. The summed E-state index contributed by atoms with van der Waals surface area (Å²) in [4.78, 5) is -0.186. The lowest BCUT2D eigenvalue weighted by Crippen LogP contribution is -2.47. The highest BCUT2D eigenvalue weighted by atomic mass is 35.5. The molecule has 1 unspecified atom stereocenters. The van der Waals surface area contributed by atoms with Crippen molar-refractivity contribution >= 4 is 43.2 Å². The van der Waals surface area contributed by atoms with Gasteiger partial charge in [0.2, 0.25) is 20.0 Å². The van der Waals surface area contributed by atoms with Gasteiger partial charge >= 0.3 is 0 Å². The molecule has 1 saturated heterocycles. The quantitative estimate of drug-likeness (QED) is 0.560. The standard InChI is InChI=1S/C20H22Cl2N4O5S2/c1-32(27,28)25-12-17-13-26(6-2-5-24-17)33(29,30)20-7-14(11-23)3-4-19(20)31-18-9-15(21)8-16(22)10-18/h3-4,7-10,17,24-25H,2,5-6,12-13H2,1H3. The van der Waals surface area contributed by atoms with Crippen LogP contribution in [0.2, 0.25) is 10.0 Å². The van der Waals surface area contributed by atoms with Gasteiger partial charge in [0.05, 0.1) is 17.9 Å². The minimum absolute atomic E-state index is 0.00958. The van der Waals surface area contributed by atoms with Gasteiger partial charge in [-0.05, 0) is 49.4 Å². The lowest BCUT2D eigenvalue weighted by Gasteiger charge is -2.25. The van der Waals surface area contributed by atoms with Gasteiger partial charge in [-0.1, -0.05) is 23.2 Å². The number of nitrogens with one attached hydrogen (secondary N) is 2. The van der Waals surface area contributed by atoms with E-state index in [9.17, 15) is 22.1 Å². The maximum absolute atomic E-state index is 13.6. The first-order valence-corrected chi connectivity index (χ1v) is 13.9. The second-order valence-corrected chi connectivity index (χ2v) is 12.1. The van der Waals surface area contributed by atoms with E-state index < -0.39 is 26.1 Å². The Morgan fingerprint density at radius 1 is 1.18 bits per heavy atom. The van der Waals surface area contributed by atoms with Crippen LogP contribution in [0.4, 0.5) is 0 Å². The molecule has 178 valence electrons. The van der Waals surface area contributed by atoms with Gasteiger partial charge in [0.25, 0.3) is 0 Å². The van der Waals surface area contributed by atoms with Crippen LogP contribution in [-0.2, 0) is 20.0 Å². The molecule has 1 fully saturated rings. The Bertz CT molecular complexity index is 1260. The van der Waals surface area contributed by atoms with E-state index >= 15 is 0 Å². The van der Waals surface area contributed by atoms with Crippen LogP contribution in [0.5, 0.6) is 11.5 Å². The molecule has 0 amide bonds. The van der Waals surface area contributed by atoms with Gasteiger partial charge in [0, 0.05) is 35.7 Å². The van der Waals surface area contributed by atoms with Crippen molar-refractivity contribution in [2.75, 3.05) is 32.4 Å². The summed E-state index contributed by atoms with van der Waals surface area (Å²) in [5, 5.41) is 13.1. The van der Waals surface area contributed by atoms with Crippen LogP contribution in [0, 0.1) is 11.3 Å². The average Bonchev–Trinajstić information content (AvgIpc) is 2.97. The summed E-state index contributed by atoms with van der Waals surface area (Å²) >= 11 is 12.0. The van der Waals surface area contributed by atoms with E-state index in [0.29, 0.717) is 23.0 Å². The van der Waals surface area contributed by atoms with Crippen LogP contribution >= 0.6 is 23.2 Å². The van der Waals surface area contributed by atoms with Gasteiger partial charge in [-0.3, -0.25) is 0 Å². The summed E-state index contributed by atoms with van der Waals surface area (Å²) in [6.45, 7) is 0.798. The number of sulfonamides is 2. The van der Waals surface area contributed by atoms with Gasteiger partial charge < -0.3 is 10.1 Å². The van der Waals surface area contributed by atoms with Crippen molar-refractivity contribution in [3.05, 3.63) is 52.0 Å². The number of halogens is 2. The van der Waals surface area contributed by atoms with Crippen molar-refractivity contribution in [2.45, 2.75) is 17.4 Å². The third-order valence-electron chi connectivity index (χ3n) is 4.79. The maximum atomic E-state index is 13.6. The Morgan fingerprint density at radius 3 is 2.52 bits per heavy atom. The molecular formula is C20H22Cl2N4O5S2. The highest BCUT2D eigenvalue weighted by Gasteiger charge is 2.32. The molecule has 2 aromatic rings. The second-order valence-electron chi connectivity index (χ2n) is 7.47. The zero-order valence-corrected chi connectivity index (χ0v) is 20.7. The number of nitrogens with zero attached hydrogens (tertiary/aromatic N) is 2. The molecule has 2 aromatic carbocycles. The SMILES string of the molecule is CS(=O)(=O)NCC1CN(S(=O)(=O)c2cc(C#N)ccc2Oc2cc(Cl)cc(Cl)c2)CCCN1. The van der Waals surface area contributed by atoms with Crippen LogP contribution in [-0.4, -0.2) is 59.6 Å². The molecular weight excluding hydrogens is 511 g/mol. The summed E-state index contributed by atoms with van der Waals surface area (Å²) in [6, 6.07) is 10.1. The van der Waals surface area contributed by atoms with Crippen LogP contribution in [0.3, 0.4) is 0 Å². The highest BCUT2D eigenvalue weighted by molar-refractivity contribution is 7.89. The van der Waals surface area contributed by atoms with E-state index in [0.717, 1.165) is 6.26 Å². The molecule has 0 saturated carbocycles. The molecule has 0 radical (unpaired) electrons. The van der Waals surface area contributed by atoms with Gasteiger partial charge in [-0.2, -0.15) is 9.57 Å². The maximum Gasteiger partial charge on any atom is 0.246 e. The summed E-state index contributed by atoms with van der Waals surface area (Å²) in [6.07, 6.45) is 1.56. The Labute approximate surface area is 203 Å². The smallest absolute Gasteiger partial charge is 0.246 e. The zero-order chi connectivity index (χ0) is 24.2. The third-order valence-corrected chi connectivity index (χ3v) is 7.80. The van der Waals surface area contributed by atoms with Crippen molar-refractivity contribution in [3.8, 4) is 17.6 Å². The fourth-order valence-electron chi connectivity index (χ4n) is 3.29. The lowest BCUT2D eigenvalue weighted by molar-refractivity contribution is 0.388. The van der Waals surface area contributed by atoms with Crippen molar-refractivity contribution < 1.29 is 21.6 Å². The van der Waals surface area contributed by atoms with E-state index in [1.54, 1.807) is 0 Å². The van der Waals surface area contributed by atoms with E-state index in [-0.39, 0.29) is 41.6 Å². The van der Waals surface area contributed by atoms with E-state index in [1.165, 1.54) is 40.7 Å². The number of benzene rings is 2. The van der Waals surface area contributed by atoms with Gasteiger partial charge in [-0.25, -0.2) is 21.6 Å². The predicted molar refractivity (Wildman–Crippen MR) is 126 cm³/mol.